The second-order valence-electron chi connectivity index (χ2n) is 29.9. The Morgan fingerprint density at radius 1 is 0.153 bits per heavy atom. The van der Waals surface area contributed by atoms with E-state index in [0.29, 0.717) is 16.7 Å². The first-order chi connectivity index (χ1) is 70.2. The molecule has 0 spiro atoms. The molecule has 22 rings (SSSR count). The normalized spacial score (nSPS) is 13.6. The molecule has 0 unspecified atom stereocenters. The van der Waals surface area contributed by atoms with Crippen LogP contribution in [0.4, 0.5) is 34.1 Å². The summed E-state index contributed by atoms with van der Waals surface area (Å²) in [7, 11) is 0. The summed E-state index contributed by atoms with van der Waals surface area (Å²) in [5, 5.41) is 3.67. The predicted octanol–water partition coefficient (Wildman–Crippen LogP) is 33.2. The van der Waals surface area contributed by atoms with Crippen molar-refractivity contribution in [3.8, 4) is 123 Å². The molecule has 0 radical (unpaired) electrons. The monoisotopic (exact) mass is 1600 g/mol. The average molecular weight is 1600 g/mol. The van der Waals surface area contributed by atoms with Crippen molar-refractivity contribution >= 4 is 77.7 Å². The lowest BCUT2D eigenvalue weighted by molar-refractivity contribution is 1.18. The fourth-order valence-corrected chi connectivity index (χ4v) is 16.3. The van der Waals surface area contributed by atoms with Crippen LogP contribution in [0.15, 0.2) is 509 Å². The molecule has 4 heteroatoms. The maximum absolute atomic E-state index is 10.0. The van der Waals surface area contributed by atoms with Gasteiger partial charge >= 0.3 is 0 Å². The highest BCUT2D eigenvalue weighted by Crippen LogP contribution is 2.45. The van der Waals surface area contributed by atoms with Gasteiger partial charge < -0.3 is 18.9 Å². The highest BCUT2D eigenvalue weighted by Gasteiger charge is 2.21. The second kappa shape index (κ2) is 33.8. The van der Waals surface area contributed by atoms with Crippen LogP contribution in [0.25, 0.3) is 166 Å². The number of rotatable bonds is 18. The fraction of sp³-hybridized carbons (Fsp3) is 0. The van der Waals surface area contributed by atoms with Crippen molar-refractivity contribution in [3.05, 3.63) is 509 Å². The molecule has 0 amide bonds. The lowest BCUT2D eigenvalue weighted by Gasteiger charge is -2.26. The van der Waals surface area contributed by atoms with Crippen LogP contribution in [-0.4, -0.2) is 9.13 Å². The zero-order valence-electron chi connectivity index (χ0n) is 87.7. The van der Waals surface area contributed by atoms with Gasteiger partial charge in [0.2, 0.25) is 0 Å². The van der Waals surface area contributed by atoms with E-state index in [1.165, 1.54) is 4.90 Å². The zero-order valence-corrected chi connectivity index (χ0v) is 66.7. The van der Waals surface area contributed by atoms with Gasteiger partial charge in [-0.05, 0) is 245 Å². The third kappa shape index (κ3) is 15.2. The zero-order chi connectivity index (χ0) is 101. The molecule has 584 valence electrons. The van der Waals surface area contributed by atoms with E-state index in [2.05, 4.69) is 130 Å². The maximum atomic E-state index is 10.0. The summed E-state index contributed by atoms with van der Waals surface area (Å²) in [6.07, 6.45) is 0. The van der Waals surface area contributed by atoms with Crippen LogP contribution in [0, 0.1) is 0 Å². The topological polar surface area (TPSA) is 16.3 Å². The SMILES string of the molecule is [2H]c1c([2H])c(-c2ccc3c(c2)c2ccccc2n3-c2ccccc2)c([2H])c(N(c2ccc(-c3ccc(-c4ccccc4)cc3)cc2)c2ccc(-c3ccc(-c4ccccc4)cc3)cc2)c1[2H].[2H]c1c([2H])c([2H])c(-c2c([2H])c([2H])c(-c3c([2H])c([2H])c(N(c4ccc(-c5ccc(-c6ccccc6)cc5)cc4)c4c([2H])c([2H])c([2H])c(-c5ccc6c(c5)c5ccccc5n6-c5ccccc5)c4[2H])c([2H])c3[2H])c([2H])c2[2H])c([2H])c1[2H]. The fourth-order valence-electron chi connectivity index (χ4n) is 16.3. The van der Waals surface area contributed by atoms with Gasteiger partial charge in [0.25, 0.3) is 0 Å². The smallest absolute Gasteiger partial charge is 0.0651 e. The van der Waals surface area contributed by atoms with Crippen LogP contribution in [0.1, 0.15) is 28.8 Å². The molecule has 0 aliphatic rings. The summed E-state index contributed by atoms with van der Waals surface area (Å²) in [6.45, 7) is 0. The highest BCUT2D eigenvalue weighted by molar-refractivity contribution is 6.12. The summed E-state index contributed by atoms with van der Waals surface area (Å²) >= 11 is 0. The molecular formula is C120H84N4. The van der Waals surface area contributed by atoms with Crippen molar-refractivity contribution in [1.82, 2.24) is 9.13 Å². The molecule has 0 saturated heterocycles. The standard InChI is InChI=1S/2C60H42N2/c2*1-4-13-43(14-5-1)45-23-27-47(28-24-45)49-31-36-54(37-32-49)61(55-38-33-50(34-39-55)48-29-25-46(26-30-48)44-15-6-2-7-16-44)56-20-12-17-51(41-56)52-35-40-60-58(42-52)57-21-10-11-22-59(57)62(60)53-18-8-3-9-19-53/h2*1-42H/i1D,4D,5D,12D,13D,14D,17D,20D,23D,24D,27D,28D,31D,32D,36D,37D,41D;12D,17D,20D,41D. The summed E-state index contributed by atoms with van der Waals surface area (Å²) < 4.78 is 197. The summed E-state index contributed by atoms with van der Waals surface area (Å²) in [5.74, 6) is 0. The number of nitrogens with zero attached hydrogens (tertiary/aromatic N) is 4. The second-order valence-corrected chi connectivity index (χ2v) is 29.9. The van der Waals surface area contributed by atoms with E-state index in [1.54, 1.807) is 30.3 Å². The Morgan fingerprint density at radius 3 is 0.742 bits per heavy atom. The Bertz CT molecular complexity index is 8650. The Balaban J connectivity index is 0.000000173. The van der Waals surface area contributed by atoms with Crippen molar-refractivity contribution in [1.29, 1.82) is 0 Å². The average Bonchev–Trinajstić information content (AvgIpc) is 1.01. The lowest BCUT2D eigenvalue weighted by atomic mass is 9.99. The number of anilines is 6. The first-order valence-electron chi connectivity index (χ1n) is 51.3. The van der Waals surface area contributed by atoms with Gasteiger partial charge in [-0.3, -0.25) is 0 Å². The van der Waals surface area contributed by atoms with Crippen molar-refractivity contribution < 1.29 is 28.8 Å². The van der Waals surface area contributed by atoms with Gasteiger partial charge in [0.1, 0.15) is 0 Å². The predicted molar refractivity (Wildman–Crippen MR) is 525 cm³/mol. The van der Waals surface area contributed by atoms with Gasteiger partial charge in [-0.1, -0.05) is 376 Å². The highest BCUT2D eigenvalue weighted by atomic mass is 15.1. The molecule has 4 nitrogen and oxygen atoms in total. The number of hydrogen-bond donors (Lipinski definition) is 0. The minimum Gasteiger partial charge on any atom is -0.310 e. The molecule has 0 aliphatic heterocycles. The van der Waals surface area contributed by atoms with Gasteiger partial charge in [0.05, 0.1) is 50.9 Å². The summed E-state index contributed by atoms with van der Waals surface area (Å²) in [6, 6.07) is 113. The van der Waals surface area contributed by atoms with Crippen molar-refractivity contribution in [2.75, 3.05) is 9.80 Å². The van der Waals surface area contributed by atoms with E-state index in [9.17, 15) is 16.4 Å². The van der Waals surface area contributed by atoms with Crippen molar-refractivity contribution in [2.24, 2.45) is 0 Å². The molecule has 0 bridgehead atoms. The molecule has 2 heterocycles. The van der Waals surface area contributed by atoms with Gasteiger partial charge in [-0.15, -0.1) is 0 Å². The quantitative estimate of drug-likeness (QED) is 0.0851. The summed E-state index contributed by atoms with van der Waals surface area (Å²) in [5.41, 5.74) is 17.7. The van der Waals surface area contributed by atoms with Crippen LogP contribution in [0.5, 0.6) is 0 Å². The molecular weight excluding hydrogens is 1500 g/mol. The van der Waals surface area contributed by atoms with E-state index < -0.39 is 131 Å². The molecule has 0 saturated carbocycles. The molecule has 0 N–H and O–H groups in total. The van der Waals surface area contributed by atoms with Crippen LogP contribution >= 0.6 is 0 Å². The van der Waals surface area contributed by atoms with Crippen LogP contribution in [0.3, 0.4) is 0 Å². The van der Waals surface area contributed by atoms with E-state index >= 15 is 0 Å². The molecule has 22 aromatic rings. The van der Waals surface area contributed by atoms with E-state index in [0.717, 1.165) is 133 Å². The third-order valence-electron chi connectivity index (χ3n) is 22.4. The van der Waals surface area contributed by atoms with Gasteiger partial charge in [0.15, 0.2) is 0 Å². The molecule has 0 atom stereocenters. The lowest BCUT2D eigenvalue weighted by Crippen LogP contribution is -2.10. The molecule has 2 aromatic heterocycles. The Morgan fingerprint density at radius 2 is 0.403 bits per heavy atom. The largest absolute Gasteiger partial charge is 0.310 e. The molecule has 0 fully saturated rings. The number of fused-ring (bicyclic) bond motifs is 6. The minimum absolute atomic E-state index is 0.00769. The van der Waals surface area contributed by atoms with Crippen LogP contribution in [0.2, 0.25) is 0 Å². The molecule has 0 aliphatic carbocycles. The van der Waals surface area contributed by atoms with Gasteiger partial charge in [-0.2, -0.15) is 0 Å². The van der Waals surface area contributed by atoms with Crippen molar-refractivity contribution in [3.63, 3.8) is 0 Å². The molecule has 20 aromatic carbocycles. The first-order valence-corrected chi connectivity index (χ1v) is 40.8. The Labute approximate surface area is 753 Å². The van der Waals surface area contributed by atoms with Gasteiger partial charge in [0, 0.05) is 67.0 Å². The Hall–Kier alpha value is -16.4. The number of para-hydroxylation sites is 4. The maximum Gasteiger partial charge on any atom is 0.0651 e. The number of aromatic nitrogens is 2. The Kier molecular flexibility index (Phi) is 15.1. The third-order valence-corrected chi connectivity index (χ3v) is 22.4. The number of benzene rings is 20. The van der Waals surface area contributed by atoms with E-state index in [1.807, 2.05) is 235 Å². The van der Waals surface area contributed by atoms with E-state index in [4.69, 9.17) is 12.3 Å². The summed E-state index contributed by atoms with van der Waals surface area (Å²) in [4.78, 5) is 3.07. The van der Waals surface area contributed by atoms with E-state index in [-0.39, 0.29) is 46.8 Å². The van der Waals surface area contributed by atoms with Crippen LogP contribution in [-0.2, 0) is 0 Å². The van der Waals surface area contributed by atoms with Crippen LogP contribution < -0.4 is 9.80 Å². The minimum atomic E-state index is -0.874. The molecule has 124 heavy (non-hydrogen) atoms. The first kappa shape index (κ1) is 55.4. The number of hydrogen-bond acceptors (Lipinski definition) is 2. The van der Waals surface area contributed by atoms with Crippen molar-refractivity contribution in [2.45, 2.75) is 0 Å². The van der Waals surface area contributed by atoms with Gasteiger partial charge in [-0.25, -0.2) is 0 Å².